The summed E-state index contributed by atoms with van der Waals surface area (Å²) in [6.07, 6.45) is 5.09. The maximum atomic E-state index is 13.9. The van der Waals surface area contributed by atoms with Crippen molar-refractivity contribution in [1.29, 1.82) is 0 Å². The lowest BCUT2D eigenvalue weighted by molar-refractivity contribution is -0.240. The summed E-state index contributed by atoms with van der Waals surface area (Å²) in [6.45, 7) is 0. The maximum absolute atomic E-state index is 13.9. The van der Waals surface area contributed by atoms with E-state index < -0.39 is 17.5 Å². The summed E-state index contributed by atoms with van der Waals surface area (Å²) in [5.41, 5.74) is 0.341. The van der Waals surface area contributed by atoms with Crippen LogP contribution in [-0.2, 0) is 31.2 Å². The molecule has 5 nitrogen and oxygen atoms in total. The standard InChI is InChI=1S/C26H28O5/c1-29-25-17-23(30-19-12-6-3-7-13-19)26(31-25,22(27)16-18-10-4-2-5-11-18)24(28)20-14-8-9-15-21(20)25/h2,4-5,8-11,14-15,19,23H,3,6-7,12-13,16-17H2,1H3/t23-,25-,26+/m0/s1. The molecule has 0 amide bonds. The number of methoxy groups -OCH3 is 1. The molecule has 2 bridgehead atoms. The van der Waals surface area contributed by atoms with Crippen molar-refractivity contribution in [2.45, 2.75) is 68.5 Å². The number of fused-ring (bicyclic) bond motifs is 4. The number of Topliss-reactive ketones (excluding diaryl/α,β-unsaturated/α-hetero) is 2. The number of benzene rings is 2. The normalized spacial score (nSPS) is 30.2. The number of hydrogen-bond donors (Lipinski definition) is 0. The molecule has 1 saturated carbocycles. The fourth-order valence-electron chi connectivity index (χ4n) is 5.41. The summed E-state index contributed by atoms with van der Waals surface area (Å²) < 4.78 is 18.8. The average molecular weight is 421 g/mol. The number of carbonyl (C=O) groups is 2. The molecular weight excluding hydrogens is 392 g/mol. The highest BCUT2D eigenvalue weighted by atomic mass is 16.7. The molecule has 0 aromatic heterocycles. The van der Waals surface area contributed by atoms with Crippen molar-refractivity contribution in [2.24, 2.45) is 0 Å². The third-order valence-electron chi connectivity index (χ3n) is 7.01. The Bertz CT molecular complexity index is 980. The van der Waals surface area contributed by atoms with Gasteiger partial charge in [-0.3, -0.25) is 9.59 Å². The van der Waals surface area contributed by atoms with Crippen molar-refractivity contribution in [2.75, 3.05) is 7.11 Å². The number of hydrogen-bond acceptors (Lipinski definition) is 5. The third kappa shape index (κ3) is 3.27. The second-order valence-corrected chi connectivity index (χ2v) is 8.84. The highest BCUT2D eigenvalue weighted by Crippen LogP contribution is 2.54. The number of ether oxygens (including phenoxy) is 3. The zero-order valence-electron chi connectivity index (χ0n) is 17.8. The zero-order valence-corrected chi connectivity index (χ0v) is 17.8. The molecule has 0 radical (unpaired) electrons. The van der Waals surface area contributed by atoms with E-state index in [1.807, 2.05) is 48.5 Å². The van der Waals surface area contributed by atoms with Gasteiger partial charge in [-0.05, 0) is 18.4 Å². The van der Waals surface area contributed by atoms with E-state index in [2.05, 4.69) is 0 Å². The summed E-state index contributed by atoms with van der Waals surface area (Å²) in [7, 11) is 1.57. The molecule has 2 fully saturated rings. The molecule has 2 heterocycles. The van der Waals surface area contributed by atoms with Gasteiger partial charge in [0, 0.05) is 31.1 Å². The van der Waals surface area contributed by atoms with Crippen LogP contribution in [0.1, 0.15) is 60.0 Å². The second-order valence-electron chi connectivity index (χ2n) is 8.84. The van der Waals surface area contributed by atoms with Gasteiger partial charge in [0.25, 0.3) is 0 Å². The molecule has 3 aliphatic rings. The Balaban J connectivity index is 1.58. The van der Waals surface area contributed by atoms with Crippen LogP contribution < -0.4 is 0 Å². The van der Waals surface area contributed by atoms with Gasteiger partial charge in [0.15, 0.2) is 11.6 Å². The molecule has 1 aliphatic carbocycles. The van der Waals surface area contributed by atoms with E-state index in [0.717, 1.165) is 31.2 Å². The van der Waals surface area contributed by atoms with Crippen LogP contribution in [-0.4, -0.2) is 36.5 Å². The Morgan fingerprint density at radius 2 is 1.74 bits per heavy atom. The van der Waals surface area contributed by atoms with E-state index in [9.17, 15) is 9.59 Å². The van der Waals surface area contributed by atoms with Crippen LogP contribution in [0.25, 0.3) is 0 Å². The molecule has 0 spiro atoms. The molecule has 162 valence electrons. The number of ketones is 2. The van der Waals surface area contributed by atoms with Gasteiger partial charge < -0.3 is 14.2 Å². The minimum absolute atomic E-state index is 0.0351. The molecule has 5 heteroatoms. The zero-order chi connectivity index (χ0) is 21.5. The van der Waals surface area contributed by atoms with Gasteiger partial charge in [0.2, 0.25) is 11.4 Å². The summed E-state index contributed by atoms with van der Waals surface area (Å²) in [5.74, 6) is -1.73. The lowest BCUT2D eigenvalue weighted by atomic mass is 9.81. The van der Waals surface area contributed by atoms with Gasteiger partial charge in [-0.2, -0.15) is 0 Å². The largest absolute Gasteiger partial charge is 0.371 e. The Morgan fingerprint density at radius 1 is 1.03 bits per heavy atom. The third-order valence-corrected chi connectivity index (χ3v) is 7.01. The number of rotatable bonds is 6. The van der Waals surface area contributed by atoms with E-state index in [0.29, 0.717) is 17.5 Å². The van der Waals surface area contributed by atoms with Crippen molar-refractivity contribution >= 4 is 11.6 Å². The molecule has 0 unspecified atom stereocenters. The first-order valence-corrected chi connectivity index (χ1v) is 11.2. The Labute approximate surface area is 182 Å². The summed E-state index contributed by atoms with van der Waals surface area (Å²) >= 11 is 0. The SMILES string of the molecule is CO[C@@]12C[C@H](OC3CCCCC3)[C@@](C(=O)Cc3ccccc3)(O1)C(=O)c1ccccc12. The van der Waals surface area contributed by atoms with E-state index in [4.69, 9.17) is 14.2 Å². The quantitative estimate of drug-likeness (QED) is 0.650. The lowest BCUT2D eigenvalue weighted by Crippen LogP contribution is -2.58. The molecule has 31 heavy (non-hydrogen) atoms. The van der Waals surface area contributed by atoms with Crippen molar-refractivity contribution in [1.82, 2.24) is 0 Å². The highest BCUT2D eigenvalue weighted by molar-refractivity contribution is 6.20. The van der Waals surface area contributed by atoms with Gasteiger partial charge in [-0.1, -0.05) is 73.9 Å². The van der Waals surface area contributed by atoms with E-state index >= 15 is 0 Å². The summed E-state index contributed by atoms with van der Waals surface area (Å²) in [6, 6.07) is 16.8. The summed E-state index contributed by atoms with van der Waals surface area (Å²) in [4.78, 5) is 27.7. The first kappa shape index (κ1) is 20.6. The van der Waals surface area contributed by atoms with Crippen molar-refractivity contribution in [3.8, 4) is 0 Å². The molecule has 3 atom stereocenters. The van der Waals surface area contributed by atoms with Gasteiger partial charge in [0.1, 0.15) is 6.10 Å². The Hall–Kier alpha value is -2.34. The van der Waals surface area contributed by atoms with Crippen LogP contribution in [0.4, 0.5) is 0 Å². The van der Waals surface area contributed by atoms with E-state index in [1.54, 1.807) is 13.2 Å². The molecule has 1 saturated heterocycles. The molecule has 0 N–H and O–H groups in total. The molecule has 2 aromatic rings. The molecular formula is C26H28O5. The van der Waals surface area contributed by atoms with Gasteiger partial charge >= 0.3 is 0 Å². The van der Waals surface area contributed by atoms with Gasteiger partial charge in [-0.25, -0.2) is 0 Å². The average Bonchev–Trinajstić information content (AvgIpc) is 3.12. The molecule has 2 aromatic carbocycles. The minimum Gasteiger partial charge on any atom is -0.371 e. The van der Waals surface area contributed by atoms with Crippen LogP contribution in [0.3, 0.4) is 0 Å². The monoisotopic (exact) mass is 420 g/mol. The lowest BCUT2D eigenvalue weighted by Gasteiger charge is -2.39. The van der Waals surface area contributed by atoms with E-state index in [-0.39, 0.29) is 24.1 Å². The van der Waals surface area contributed by atoms with Crippen LogP contribution in [0, 0.1) is 0 Å². The molecule has 2 aliphatic heterocycles. The predicted molar refractivity (Wildman–Crippen MR) is 115 cm³/mol. The fraction of sp³-hybridized carbons (Fsp3) is 0.462. The van der Waals surface area contributed by atoms with Crippen LogP contribution in [0.2, 0.25) is 0 Å². The van der Waals surface area contributed by atoms with Crippen molar-refractivity contribution < 1.29 is 23.8 Å². The first-order chi connectivity index (χ1) is 15.1. The first-order valence-electron chi connectivity index (χ1n) is 11.2. The Morgan fingerprint density at radius 3 is 2.48 bits per heavy atom. The van der Waals surface area contributed by atoms with Crippen LogP contribution in [0.15, 0.2) is 54.6 Å². The number of carbonyl (C=O) groups excluding carboxylic acids is 2. The predicted octanol–water partition coefficient (Wildman–Crippen LogP) is 4.37. The maximum Gasteiger partial charge on any atom is 0.218 e. The minimum atomic E-state index is -1.68. The van der Waals surface area contributed by atoms with Crippen LogP contribution >= 0.6 is 0 Å². The highest BCUT2D eigenvalue weighted by Gasteiger charge is 2.69. The smallest absolute Gasteiger partial charge is 0.218 e. The fourth-order valence-corrected chi connectivity index (χ4v) is 5.41. The van der Waals surface area contributed by atoms with Crippen molar-refractivity contribution in [3.05, 3.63) is 71.3 Å². The van der Waals surface area contributed by atoms with Gasteiger partial charge in [0.05, 0.1) is 6.10 Å². The second kappa shape index (κ2) is 7.97. The van der Waals surface area contributed by atoms with Crippen molar-refractivity contribution in [3.63, 3.8) is 0 Å². The summed E-state index contributed by atoms with van der Waals surface area (Å²) in [5, 5.41) is 0. The van der Waals surface area contributed by atoms with Crippen LogP contribution in [0.5, 0.6) is 0 Å². The van der Waals surface area contributed by atoms with Gasteiger partial charge in [-0.15, -0.1) is 0 Å². The molecule has 5 rings (SSSR count). The Kier molecular flexibility index (Phi) is 5.29. The topological polar surface area (TPSA) is 61.8 Å². The van der Waals surface area contributed by atoms with E-state index in [1.165, 1.54) is 6.42 Å².